The van der Waals surface area contributed by atoms with Gasteiger partial charge in [-0.3, -0.25) is 0 Å². The molecule has 0 bridgehead atoms. The largest absolute Gasteiger partial charge is 0.309 e. The maximum Gasteiger partial charge on any atom is 0.0754 e. The highest BCUT2D eigenvalue weighted by Gasteiger charge is 2.50. The van der Waals surface area contributed by atoms with E-state index in [1.165, 1.54) is 60.9 Å². The molecule has 1 aliphatic heterocycles. The summed E-state index contributed by atoms with van der Waals surface area (Å²) in [6, 6.07) is 62.9. The maximum absolute atomic E-state index is 8.81. The highest BCUT2D eigenvalue weighted by Crippen LogP contribution is 2.60. The minimum absolute atomic E-state index is 0.373. The molecule has 2 heterocycles. The Morgan fingerprint density at radius 2 is 1.06 bits per heavy atom. The fourth-order valence-electron chi connectivity index (χ4n) is 9.40. The molecule has 0 radical (unpaired) electrons. The molecule has 8 aromatic carbocycles. The number of benzene rings is 8. The molecule has 1 aliphatic carbocycles. The molecule has 0 saturated heterocycles. The van der Waals surface area contributed by atoms with Crippen LogP contribution in [0.3, 0.4) is 0 Å². The SMILES string of the molecule is N=C(/C=C\C(=N)c1cccc2ccccc12)c1ccc(-c2ccc3c4cccc5c4n(c3c2)-c2ccccc2C52c3ccccc3-c3ccccc32)cc1. The second-order valence-corrected chi connectivity index (χ2v) is 14.4. The van der Waals surface area contributed by atoms with Gasteiger partial charge in [0.1, 0.15) is 0 Å². The van der Waals surface area contributed by atoms with Crippen molar-refractivity contribution in [3.05, 3.63) is 221 Å². The third-order valence-electron chi connectivity index (χ3n) is 11.7. The maximum atomic E-state index is 8.81. The van der Waals surface area contributed by atoms with Crippen molar-refractivity contribution < 1.29 is 0 Å². The highest BCUT2D eigenvalue weighted by atomic mass is 15.0. The first-order chi connectivity index (χ1) is 26.6. The van der Waals surface area contributed by atoms with Crippen molar-refractivity contribution in [2.45, 2.75) is 5.41 Å². The van der Waals surface area contributed by atoms with Crippen LogP contribution in [0.4, 0.5) is 0 Å². The summed E-state index contributed by atoms with van der Waals surface area (Å²) in [6.07, 6.45) is 3.46. The van der Waals surface area contributed by atoms with Crippen LogP contribution in [-0.4, -0.2) is 16.0 Å². The van der Waals surface area contributed by atoms with E-state index in [-0.39, 0.29) is 0 Å². The first-order valence-electron chi connectivity index (χ1n) is 18.4. The summed E-state index contributed by atoms with van der Waals surface area (Å²) in [4.78, 5) is 0. The van der Waals surface area contributed by atoms with E-state index in [0.717, 1.165) is 33.0 Å². The smallest absolute Gasteiger partial charge is 0.0754 e. The average Bonchev–Trinajstić information content (AvgIpc) is 3.73. The van der Waals surface area contributed by atoms with Crippen molar-refractivity contribution in [2.24, 2.45) is 0 Å². The van der Waals surface area contributed by atoms with Crippen LogP contribution in [0.25, 0.3) is 60.5 Å². The predicted octanol–water partition coefficient (Wildman–Crippen LogP) is 12.3. The standard InChI is InChI=1S/C51H33N3/c52-46(29-30-47(53)39-16-9-12-33-11-1-2-13-36(33)39)34-25-23-32(24-26-34)35-27-28-40-41-17-10-21-45-50(41)54(49(40)31-35)48-22-8-7-20-44(48)51(45)42-18-5-3-14-37(42)38-15-4-6-19-43(38)51/h1-31,52-53H/b30-29-,52-46?,53-47?. The zero-order chi connectivity index (χ0) is 36.0. The van der Waals surface area contributed by atoms with Crippen molar-refractivity contribution in [3.63, 3.8) is 0 Å². The van der Waals surface area contributed by atoms with Crippen molar-refractivity contribution in [1.82, 2.24) is 4.57 Å². The Morgan fingerprint density at radius 3 is 1.85 bits per heavy atom. The number of hydrogen-bond acceptors (Lipinski definition) is 2. The summed E-state index contributed by atoms with van der Waals surface area (Å²) in [7, 11) is 0. The summed E-state index contributed by atoms with van der Waals surface area (Å²) in [6.45, 7) is 0. The van der Waals surface area contributed by atoms with Crippen molar-refractivity contribution >= 4 is 44.0 Å². The fraction of sp³-hybridized carbons (Fsp3) is 0.0196. The van der Waals surface area contributed by atoms with Crippen LogP contribution in [-0.2, 0) is 5.41 Å². The van der Waals surface area contributed by atoms with Gasteiger partial charge in [-0.25, -0.2) is 0 Å². The van der Waals surface area contributed by atoms with E-state index in [4.69, 9.17) is 10.8 Å². The van der Waals surface area contributed by atoms with Gasteiger partial charge in [-0.1, -0.05) is 164 Å². The summed E-state index contributed by atoms with van der Waals surface area (Å²) < 4.78 is 2.49. The molecule has 11 rings (SSSR count). The van der Waals surface area contributed by atoms with E-state index in [2.05, 4.69) is 138 Å². The third-order valence-corrected chi connectivity index (χ3v) is 11.7. The number of fused-ring (bicyclic) bond motifs is 13. The zero-order valence-electron chi connectivity index (χ0n) is 29.3. The number of allylic oxidation sites excluding steroid dienone is 2. The van der Waals surface area contributed by atoms with Gasteiger partial charge in [0.15, 0.2) is 0 Å². The third kappa shape index (κ3) is 4.12. The van der Waals surface area contributed by atoms with Crippen LogP contribution in [0, 0.1) is 10.8 Å². The second-order valence-electron chi connectivity index (χ2n) is 14.4. The lowest BCUT2D eigenvalue weighted by atomic mass is 9.65. The van der Waals surface area contributed by atoms with Gasteiger partial charge in [-0.2, -0.15) is 0 Å². The Morgan fingerprint density at radius 1 is 0.463 bits per heavy atom. The van der Waals surface area contributed by atoms with Crippen LogP contribution in [0.1, 0.15) is 33.4 Å². The van der Waals surface area contributed by atoms with Gasteiger partial charge in [-0.05, 0) is 85.1 Å². The van der Waals surface area contributed by atoms with Crippen LogP contribution in [0.2, 0.25) is 0 Å². The Hall–Kier alpha value is -7.10. The highest BCUT2D eigenvalue weighted by molar-refractivity contribution is 6.18. The summed E-state index contributed by atoms with van der Waals surface area (Å²) in [5.74, 6) is 0. The summed E-state index contributed by atoms with van der Waals surface area (Å²) in [5.41, 5.74) is 15.8. The number of nitrogens with zero attached hydrogens (tertiary/aromatic N) is 1. The second kappa shape index (κ2) is 11.4. The van der Waals surface area contributed by atoms with Crippen LogP contribution >= 0.6 is 0 Å². The Labute approximate surface area is 313 Å². The van der Waals surface area contributed by atoms with Gasteiger partial charge < -0.3 is 15.4 Å². The Kier molecular flexibility index (Phi) is 6.47. The van der Waals surface area contributed by atoms with Crippen molar-refractivity contribution in [1.29, 1.82) is 10.8 Å². The molecule has 0 unspecified atom stereocenters. The van der Waals surface area contributed by atoms with Crippen molar-refractivity contribution in [3.8, 4) is 27.9 Å². The van der Waals surface area contributed by atoms with Crippen LogP contribution in [0.5, 0.6) is 0 Å². The zero-order valence-corrected chi connectivity index (χ0v) is 29.3. The van der Waals surface area contributed by atoms with Gasteiger partial charge >= 0.3 is 0 Å². The number of nitrogens with one attached hydrogen (secondary N) is 2. The Bertz CT molecular complexity index is 3030. The molecule has 3 heteroatoms. The van der Waals surface area contributed by atoms with Gasteiger partial charge in [0.05, 0.1) is 33.6 Å². The van der Waals surface area contributed by atoms with E-state index in [0.29, 0.717) is 11.4 Å². The molecule has 0 amide bonds. The quantitative estimate of drug-likeness (QED) is 0.169. The molecule has 0 saturated carbocycles. The normalized spacial score (nSPS) is 13.4. The molecule has 9 aromatic rings. The van der Waals surface area contributed by atoms with E-state index >= 15 is 0 Å². The first-order valence-corrected chi connectivity index (χ1v) is 18.4. The summed E-state index contributed by atoms with van der Waals surface area (Å²) in [5, 5.41) is 22.2. The van der Waals surface area contributed by atoms with Crippen molar-refractivity contribution in [2.75, 3.05) is 0 Å². The van der Waals surface area contributed by atoms with E-state index < -0.39 is 5.41 Å². The van der Waals surface area contributed by atoms with Gasteiger partial charge in [0, 0.05) is 16.3 Å². The minimum atomic E-state index is -0.418. The molecule has 3 nitrogen and oxygen atoms in total. The summed E-state index contributed by atoms with van der Waals surface area (Å²) >= 11 is 0. The first kappa shape index (κ1) is 30.5. The molecular formula is C51H33N3. The predicted molar refractivity (Wildman–Crippen MR) is 224 cm³/mol. The lowest BCUT2D eigenvalue weighted by molar-refractivity contribution is 0.748. The lowest BCUT2D eigenvalue weighted by Gasteiger charge is -2.39. The molecule has 2 N–H and O–H groups in total. The lowest BCUT2D eigenvalue weighted by Crippen LogP contribution is -2.33. The molecule has 252 valence electrons. The topological polar surface area (TPSA) is 52.6 Å². The number of aromatic nitrogens is 1. The average molecular weight is 688 g/mol. The molecule has 54 heavy (non-hydrogen) atoms. The number of hydrogen-bond donors (Lipinski definition) is 2. The van der Waals surface area contributed by atoms with Gasteiger partial charge in [-0.15, -0.1) is 0 Å². The van der Waals surface area contributed by atoms with E-state index in [9.17, 15) is 0 Å². The molecule has 1 aromatic heterocycles. The fourth-order valence-corrected chi connectivity index (χ4v) is 9.40. The van der Waals surface area contributed by atoms with Gasteiger partial charge in [0.2, 0.25) is 0 Å². The monoisotopic (exact) mass is 687 g/mol. The molecule has 2 aliphatic rings. The number of rotatable bonds is 5. The molecule has 0 fully saturated rings. The molecular weight excluding hydrogens is 655 g/mol. The van der Waals surface area contributed by atoms with Gasteiger partial charge in [0.25, 0.3) is 0 Å². The molecule has 1 spiro atoms. The van der Waals surface area contributed by atoms with E-state index in [1.54, 1.807) is 12.2 Å². The Balaban J connectivity index is 1.01. The van der Waals surface area contributed by atoms with E-state index in [1.807, 2.05) is 42.5 Å². The van der Waals surface area contributed by atoms with Crippen LogP contribution in [0.15, 0.2) is 188 Å². The minimum Gasteiger partial charge on any atom is -0.309 e. The van der Waals surface area contributed by atoms with Crippen LogP contribution < -0.4 is 0 Å². The number of para-hydroxylation sites is 2. The molecule has 0 atom stereocenters.